The summed E-state index contributed by atoms with van der Waals surface area (Å²) in [7, 11) is 0. The molecule has 2 rings (SSSR count). The highest BCUT2D eigenvalue weighted by Gasteiger charge is 2.22. The fourth-order valence-corrected chi connectivity index (χ4v) is 1.94. The smallest absolute Gasteiger partial charge is 0.271 e. The summed E-state index contributed by atoms with van der Waals surface area (Å²) in [4.78, 5) is 6.76. The number of rotatable bonds is 1. The lowest BCUT2D eigenvalue weighted by molar-refractivity contribution is 0.803. The number of anilines is 1. The molecule has 0 atom stereocenters. The van der Waals surface area contributed by atoms with Crippen molar-refractivity contribution >= 4 is 12.5 Å². The third kappa shape index (κ3) is 2.30. The number of hydrogen-bond donors (Lipinski definition) is 0. The largest absolute Gasteiger partial charge is 0.358 e. The number of nitriles is 1. The number of aryl methyl sites for hydroxylation is 1. The van der Waals surface area contributed by atoms with E-state index in [-0.39, 0.29) is 6.71 Å². The first-order chi connectivity index (χ1) is 7.29. The molecule has 1 saturated heterocycles. The summed E-state index contributed by atoms with van der Waals surface area (Å²) < 4.78 is 0. The van der Waals surface area contributed by atoms with Crippen molar-refractivity contribution in [3.05, 3.63) is 23.9 Å². The van der Waals surface area contributed by atoms with Crippen molar-refractivity contribution in [1.29, 1.82) is 5.26 Å². The number of hydrogen-bond acceptors (Lipinski definition) is 3. The number of pyridine rings is 1. The van der Waals surface area contributed by atoms with Gasteiger partial charge in [0.1, 0.15) is 5.82 Å². The molecule has 0 spiro atoms. The van der Waals surface area contributed by atoms with Gasteiger partial charge in [-0.15, -0.1) is 0 Å². The lowest BCUT2D eigenvalue weighted by Crippen LogP contribution is -2.37. The maximum atomic E-state index is 8.81. The van der Waals surface area contributed by atoms with Crippen LogP contribution in [0, 0.1) is 18.2 Å². The van der Waals surface area contributed by atoms with Crippen molar-refractivity contribution in [1.82, 2.24) is 4.98 Å². The Morgan fingerprint density at radius 2 is 2.13 bits per heavy atom. The van der Waals surface area contributed by atoms with Crippen LogP contribution in [0.3, 0.4) is 0 Å². The molecular formula is C11H14BN3. The van der Waals surface area contributed by atoms with Crippen LogP contribution < -0.4 is 4.90 Å². The zero-order valence-electron chi connectivity index (χ0n) is 8.98. The summed E-state index contributed by atoms with van der Waals surface area (Å²) in [6.45, 7) is 4.15. The first-order valence-electron chi connectivity index (χ1n) is 5.38. The minimum absolute atomic E-state index is 0.242. The summed E-state index contributed by atoms with van der Waals surface area (Å²) >= 11 is 0. The molecule has 1 aromatic rings. The molecule has 1 aliphatic heterocycles. The zero-order valence-corrected chi connectivity index (χ0v) is 8.98. The standard InChI is InChI=1S/C11H14BN3/c1-10-3-2-4-11(14-10)15-7-5-12(9-13)6-8-15/h2-4H,5-8H2,1H3. The first kappa shape index (κ1) is 10.0. The van der Waals surface area contributed by atoms with Gasteiger partial charge in [0, 0.05) is 24.8 Å². The molecule has 0 N–H and O–H groups in total. The summed E-state index contributed by atoms with van der Waals surface area (Å²) in [6.07, 6.45) is 1.93. The van der Waals surface area contributed by atoms with Gasteiger partial charge in [0.15, 0.2) is 0 Å². The van der Waals surface area contributed by atoms with Gasteiger partial charge in [-0.2, -0.15) is 0 Å². The monoisotopic (exact) mass is 199 g/mol. The second-order valence-electron chi connectivity index (χ2n) is 4.03. The SMILES string of the molecule is Cc1cccc(N2CCB(C#N)CC2)n1. The quantitative estimate of drug-likeness (QED) is 0.647. The normalized spacial score (nSPS) is 16.3. The van der Waals surface area contributed by atoms with Crippen LogP contribution in [-0.2, 0) is 0 Å². The molecule has 0 aliphatic carbocycles. The van der Waals surface area contributed by atoms with E-state index in [1.54, 1.807) is 0 Å². The number of aromatic nitrogens is 1. The van der Waals surface area contributed by atoms with E-state index in [2.05, 4.69) is 15.9 Å². The fourth-order valence-electron chi connectivity index (χ4n) is 1.94. The van der Waals surface area contributed by atoms with E-state index < -0.39 is 0 Å². The van der Waals surface area contributed by atoms with Crippen LogP contribution in [-0.4, -0.2) is 24.8 Å². The molecule has 0 amide bonds. The van der Waals surface area contributed by atoms with Gasteiger partial charge < -0.3 is 4.90 Å². The molecule has 0 aromatic carbocycles. The van der Waals surface area contributed by atoms with Gasteiger partial charge in [-0.3, -0.25) is 0 Å². The summed E-state index contributed by atoms with van der Waals surface area (Å²) in [5.74, 6) is 3.39. The van der Waals surface area contributed by atoms with E-state index >= 15 is 0 Å². The Kier molecular flexibility index (Phi) is 2.91. The van der Waals surface area contributed by atoms with E-state index in [9.17, 15) is 0 Å². The minimum atomic E-state index is 0.242. The van der Waals surface area contributed by atoms with E-state index in [0.717, 1.165) is 37.2 Å². The molecule has 4 heteroatoms. The molecular weight excluding hydrogens is 185 g/mol. The van der Waals surface area contributed by atoms with Gasteiger partial charge >= 0.3 is 0 Å². The lowest BCUT2D eigenvalue weighted by Gasteiger charge is -2.29. The molecule has 0 unspecified atom stereocenters. The summed E-state index contributed by atoms with van der Waals surface area (Å²) in [5, 5.41) is 8.81. The second kappa shape index (κ2) is 4.35. The van der Waals surface area contributed by atoms with Crippen LogP contribution in [0.15, 0.2) is 18.2 Å². The number of nitrogens with zero attached hydrogens (tertiary/aromatic N) is 3. The average Bonchev–Trinajstić information content (AvgIpc) is 2.29. The van der Waals surface area contributed by atoms with E-state index in [4.69, 9.17) is 5.26 Å². The topological polar surface area (TPSA) is 39.9 Å². The highest BCUT2D eigenvalue weighted by Crippen LogP contribution is 2.18. The molecule has 0 saturated carbocycles. The Morgan fingerprint density at radius 1 is 1.40 bits per heavy atom. The Balaban J connectivity index is 2.05. The maximum absolute atomic E-state index is 8.81. The van der Waals surface area contributed by atoms with Crippen molar-refractivity contribution in [2.75, 3.05) is 18.0 Å². The van der Waals surface area contributed by atoms with Gasteiger partial charge in [-0.1, -0.05) is 6.07 Å². The molecule has 15 heavy (non-hydrogen) atoms. The van der Waals surface area contributed by atoms with Gasteiger partial charge in [-0.05, 0) is 31.7 Å². The van der Waals surface area contributed by atoms with Crippen LogP contribution in [0.25, 0.3) is 0 Å². The predicted octanol–water partition coefficient (Wildman–Crippen LogP) is 1.77. The predicted molar refractivity (Wildman–Crippen MR) is 62.2 cm³/mol. The Labute approximate surface area is 90.8 Å². The van der Waals surface area contributed by atoms with Crippen LogP contribution in [0.1, 0.15) is 5.69 Å². The molecule has 1 aliphatic rings. The van der Waals surface area contributed by atoms with Gasteiger partial charge in [0.05, 0.1) is 0 Å². The van der Waals surface area contributed by atoms with E-state index in [1.807, 2.05) is 25.1 Å². The van der Waals surface area contributed by atoms with E-state index in [1.165, 1.54) is 0 Å². The van der Waals surface area contributed by atoms with Gasteiger partial charge in [-0.25, -0.2) is 10.2 Å². The summed E-state index contributed by atoms with van der Waals surface area (Å²) in [5.41, 5.74) is 1.05. The minimum Gasteiger partial charge on any atom is -0.358 e. The zero-order chi connectivity index (χ0) is 10.7. The molecule has 0 bridgehead atoms. The Hall–Kier alpha value is -1.50. The van der Waals surface area contributed by atoms with Crippen molar-refractivity contribution < 1.29 is 0 Å². The van der Waals surface area contributed by atoms with Crippen molar-refractivity contribution in [2.24, 2.45) is 0 Å². The van der Waals surface area contributed by atoms with Crippen molar-refractivity contribution in [3.63, 3.8) is 0 Å². The third-order valence-electron chi connectivity index (χ3n) is 2.88. The first-order valence-corrected chi connectivity index (χ1v) is 5.38. The molecule has 2 heterocycles. The molecule has 76 valence electrons. The highest BCUT2D eigenvalue weighted by molar-refractivity contribution is 6.67. The Bertz CT molecular complexity index is 378. The summed E-state index contributed by atoms with van der Waals surface area (Å²) in [6, 6.07) is 6.08. The van der Waals surface area contributed by atoms with Crippen LogP contribution >= 0.6 is 0 Å². The van der Waals surface area contributed by atoms with E-state index in [0.29, 0.717) is 0 Å². The second-order valence-corrected chi connectivity index (χ2v) is 4.03. The lowest BCUT2D eigenvalue weighted by atomic mass is 9.45. The van der Waals surface area contributed by atoms with Crippen molar-refractivity contribution in [2.45, 2.75) is 19.6 Å². The van der Waals surface area contributed by atoms with Crippen LogP contribution in [0.4, 0.5) is 5.82 Å². The molecule has 0 radical (unpaired) electrons. The molecule has 1 fully saturated rings. The Morgan fingerprint density at radius 3 is 2.73 bits per heavy atom. The molecule has 1 aromatic heterocycles. The maximum Gasteiger partial charge on any atom is 0.271 e. The third-order valence-corrected chi connectivity index (χ3v) is 2.88. The fraction of sp³-hybridized carbons (Fsp3) is 0.455. The molecule has 3 nitrogen and oxygen atoms in total. The highest BCUT2D eigenvalue weighted by atomic mass is 15.2. The van der Waals surface area contributed by atoms with Gasteiger partial charge in [0.25, 0.3) is 6.71 Å². The van der Waals surface area contributed by atoms with Crippen molar-refractivity contribution in [3.8, 4) is 5.97 Å². The average molecular weight is 199 g/mol. The van der Waals surface area contributed by atoms with Crippen LogP contribution in [0.5, 0.6) is 0 Å². The van der Waals surface area contributed by atoms with Gasteiger partial charge in [0.2, 0.25) is 0 Å². The van der Waals surface area contributed by atoms with Crippen LogP contribution in [0.2, 0.25) is 12.6 Å².